The van der Waals surface area contributed by atoms with Crippen LogP contribution >= 0.6 is 0 Å². The third-order valence-electron chi connectivity index (χ3n) is 3.84. The normalized spacial score (nSPS) is 13.8. The Kier molecular flexibility index (Phi) is 3.41. The van der Waals surface area contributed by atoms with Crippen LogP contribution in [0.2, 0.25) is 0 Å². The molecule has 24 heavy (non-hydrogen) atoms. The molecular weight excluding hydrogens is 314 g/mol. The Morgan fingerprint density at radius 2 is 2.29 bits per heavy atom. The average Bonchev–Trinajstić information content (AvgIpc) is 3.07. The molecule has 4 rings (SSSR count). The van der Waals surface area contributed by atoms with Crippen LogP contribution in [0.3, 0.4) is 0 Å². The van der Waals surface area contributed by atoms with Crippen LogP contribution in [0, 0.1) is 0 Å². The van der Waals surface area contributed by atoms with Gasteiger partial charge in [-0.1, -0.05) is 0 Å². The Balaban J connectivity index is 1.42. The standard InChI is InChI=1S/C14H13N7O3/c22-13(6-24-12-2-1-11-18-17-8-21(11)19-12)20-4-3-9-10(5-20)15-7-16-14(9)23/h1-2,7-8H,3-6H2,(H,15,16,23). The SMILES string of the molecule is O=C(COc1ccc2nncn2n1)N1CCc2c(nc[nH]c2=O)C1. The zero-order chi connectivity index (χ0) is 16.5. The maximum Gasteiger partial charge on any atom is 0.260 e. The van der Waals surface area contributed by atoms with Crippen LogP contribution < -0.4 is 10.3 Å². The summed E-state index contributed by atoms with van der Waals surface area (Å²) >= 11 is 0. The third kappa shape index (κ3) is 2.57. The van der Waals surface area contributed by atoms with Crippen molar-refractivity contribution in [2.75, 3.05) is 13.2 Å². The number of ether oxygens (including phenoxy) is 1. The summed E-state index contributed by atoms with van der Waals surface area (Å²) in [6, 6.07) is 3.33. The van der Waals surface area contributed by atoms with Crippen molar-refractivity contribution in [2.24, 2.45) is 0 Å². The van der Waals surface area contributed by atoms with Gasteiger partial charge in [0, 0.05) is 18.2 Å². The maximum absolute atomic E-state index is 12.3. The van der Waals surface area contributed by atoms with Gasteiger partial charge >= 0.3 is 0 Å². The first kappa shape index (κ1) is 14.3. The van der Waals surface area contributed by atoms with Crippen molar-refractivity contribution in [2.45, 2.75) is 13.0 Å². The first-order chi connectivity index (χ1) is 11.7. The zero-order valence-corrected chi connectivity index (χ0v) is 12.5. The predicted molar refractivity (Wildman–Crippen MR) is 80.3 cm³/mol. The van der Waals surface area contributed by atoms with Gasteiger partial charge in [-0.25, -0.2) is 4.98 Å². The highest BCUT2D eigenvalue weighted by molar-refractivity contribution is 5.78. The Morgan fingerprint density at radius 1 is 1.38 bits per heavy atom. The number of aromatic amines is 1. The van der Waals surface area contributed by atoms with Crippen LogP contribution in [0.1, 0.15) is 11.3 Å². The summed E-state index contributed by atoms with van der Waals surface area (Å²) in [7, 11) is 0. The minimum atomic E-state index is -0.187. The molecule has 1 amide bonds. The number of aromatic nitrogens is 6. The van der Waals surface area contributed by atoms with E-state index < -0.39 is 0 Å². The molecule has 122 valence electrons. The molecule has 1 aliphatic rings. The van der Waals surface area contributed by atoms with E-state index in [2.05, 4.69) is 25.3 Å². The van der Waals surface area contributed by atoms with Gasteiger partial charge in [-0.05, 0) is 12.5 Å². The van der Waals surface area contributed by atoms with E-state index in [0.717, 1.165) is 0 Å². The van der Waals surface area contributed by atoms with Crippen LogP contribution in [0.15, 0.2) is 29.6 Å². The number of nitrogens with one attached hydrogen (secondary N) is 1. The number of carbonyl (C=O) groups is 1. The van der Waals surface area contributed by atoms with Crippen molar-refractivity contribution >= 4 is 11.6 Å². The summed E-state index contributed by atoms with van der Waals surface area (Å²) in [5.74, 6) is 0.121. The van der Waals surface area contributed by atoms with E-state index in [4.69, 9.17) is 4.74 Å². The molecule has 0 unspecified atom stereocenters. The van der Waals surface area contributed by atoms with Crippen molar-refractivity contribution in [1.29, 1.82) is 0 Å². The molecule has 10 heteroatoms. The molecule has 0 fully saturated rings. The van der Waals surface area contributed by atoms with E-state index in [1.807, 2.05) is 0 Å². The molecule has 0 radical (unpaired) electrons. The highest BCUT2D eigenvalue weighted by Gasteiger charge is 2.23. The fourth-order valence-electron chi connectivity index (χ4n) is 2.59. The molecule has 0 aliphatic carbocycles. The monoisotopic (exact) mass is 327 g/mol. The van der Waals surface area contributed by atoms with Crippen LogP contribution in [0.25, 0.3) is 5.65 Å². The third-order valence-corrected chi connectivity index (χ3v) is 3.84. The van der Waals surface area contributed by atoms with Crippen LogP contribution in [-0.2, 0) is 17.8 Å². The fourth-order valence-corrected chi connectivity index (χ4v) is 2.59. The lowest BCUT2D eigenvalue weighted by Crippen LogP contribution is -2.41. The second kappa shape index (κ2) is 5.72. The Morgan fingerprint density at radius 3 is 3.21 bits per heavy atom. The number of hydrogen-bond donors (Lipinski definition) is 1. The van der Waals surface area contributed by atoms with Gasteiger partial charge in [0.15, 0.2) is 12.3 Å². The Hall–Kier alpha value is -3.30. The largest absolute Gasteiger partial charge is 0.467 e. The summed E-state index contributed by atoms with van der Waals surface area (Å²) < 4.78 is 6.91. The number of H-pyrrole nitrogens is 1. The summed E-state index contributed by atoms with van der Waals surface area (Å²) in [6.07, 6.45) is 3.29. The molecule has 10 nitrogen and oxygen atoms in total. The molecule has 0 saturated carbocycles. The van der Waals surface area contributed by atoms with Crippen molar-refractivity contribution < 1.29 is 9.53 Å². The second-order valence-corrected chi connectivity index (χ2v) is 5.32. The quantitative estimate of drug-likeness (QED) is 0.667. The van der Waals surface area contributed by atoms with Gasteiger partial charge in [0.25, 0.3) is 11.5 Å². The van der Waals surface area contributed by atoms with Crippen LogP contribution in [-0.4, -0.2) is 53.7 Å². The van der Waals surface area contributed by atoms with Gasteiger partial charge in [0.1, 0.15) is 6.33 Å². The van der Waals surface area contributed by atoms with Crippen LogP contribution in [0.4, 0.5) is 0 Å². The Bertz CT molecular complexity index is 964. The van der Waals surface area contributed by atoms with Crippen molar-refractivity contribution in [3.8, 4) is 5.88 Å². The predicted octanol–water partition coefficient (Wildman–Crippen LogP) is -0.829. The second-order valence-electron chi connectivity index (χ2n) is 5.32. The van der Waals surface area contributed by atoms with Crippen molar-refractivity contribution in [3.63, 3.8) is 0 Å². The molecule has 0 atom stereocenters. The summed E-state index contributed by atoms with van der Waals surface area (Å²) in [4.78, 5) is 32.3. The molecule has 0 saturated heterocycles. The van der Waals surface area contributed by atoms with Gasteiger partial charge in [-0.2, -0.15) is 4.52 Å². The fraction of sp³-hybridized carbons (Fsp3) is 0.286. The summed E-state index contributed by atoms with van der Waals surface area (Å²) in [5.41, 5.74) is 1.72. The van der Waals surface area contributed by atoms with Gasteiger partial charge in [0.05, 0.1) is 18.6 Å². The molecular formula is C14H13N7O3. The molecule has 0 spiro atoms. The summed E-state index contributed by atoms with van der Waals surface area (Å²) in [5, 5.41) is 11.7. The van der Waals surface area contributed by atoms with E-state index in [9.17, 15) is 9.59 Å². The zero-order valence-electron chi connectivity index (χ0n) is 12.5. The van der Waals surface area contributed by atoms with Gasteiger partial charge < -0.3 is 14.6 Å². The number of fused-ring (bicyclic) bond motifs is 2. The number of amides is 1. The number of carbonyl (C=O) groups excluding carboxylic acids is 1. The Labute approximate surface area is 135 Å². The summed E-state index contributed by atoms with van der Waals surface area (Å²) in [6.45, 7) is 0.625. The molecule has 3 aromatic rings. The molecule has 3 aromatic heterocycles. The van der Waals surface area contributed by atoms with Crippen molar-refractivity contribution in [1.82, 2.24) is 34.7 Å². The average molecular weight is 327 g/mol. The first-order valence-electron chi connectivity index (χ1n) is 7.34. The van der Waals surface area contributed by atoms with Crippen LogP contribution in [0.5, 0.6) is 5.88 Å². The van der Waals surface area contributed by atoms with E-state index in [1.54, 1.807) is 17.0 Å². The highest BCUT2D eigenvalue weighted by atomic mass is 16.5. The minimum Gasteiger partial charge on any atom is -0.467 e. The van der Waals surface area contributed by atoms with E-state index in [1.165, 1.54) is 17.2 Å². The lowest BCUT2D eigenvalue weighted by atomic mass is 10.1. The maximum atomic E-state index is 12.3. The first-order valence-corrected chi connectivity index (χ1v) is 7.34. The van der Waals surface area contributed by atoms with E-state index in [-0.39, 0.29) is 18.1 Å². The molecule has 1 aliphatic heterocycles. The topological polar surface area (TPSA) is 118 Å². The van der Waals surface area contributed by atoms with Gasteiger partial charge in [-0.3, -0.25) is 9.59 Å². The number of rotatable bonds is 3. The van der Waals surface area contributed by atoms with Gasteiger partial charge in [0.2, 0.25) is 5.88 Å². The van der Waals surface area contributed by atoms with E-state index in [0.29, 0.717) is 42.3 Å². The molecule has 0 bridgehead atoms. The molecule has 1 N–H and O–H groups in total. The molecule has 4 heterocycles. The molecule has 0 aromatic carbocycles. The lowest BCUT2D eigenvalue weighted by Gasteiger charge is -2.27. The smallest absolute Gasteiger partial charge is 0.260 e. The minimum absolute atomic E-state index is 0.140. The van der Waals surface area contributed by atoms with E-state index >= 15 is 0 Å². The highest BCUT2D eigenvalue weighted by Crippen LogP contribution is 2.13. The number of nitrogens with zero attached hydrogens (tertiary/aromatic N) is 6. The lowest BCUT2D eigenvalue weighted by molar-refractivity contribution is -0.134. The van der Waals surface area contributed by atoms with Gasteiger partial charge in [-0.15, -0.1) is 15.3 Å². The number of hydrogen-bond acceptors (Lipinski definition) is 7. The van der Waals surface area contributed by atoms with Crippen molar-refractivity contribution in [3.05, 3.63) is 46.4 Å².